The van der Waals surface area contributed by atoms with Crippen molar-refractivity contribution in [3.05, 3.63) is 68.7 Å². The average molecular weight is 376 g/mol. The van der Waals surface area contributed by atoms with Gasteiger partial charge in [-0.1, -0.05) is 23.7 Å². The van der Waals surface area contributed by atoms with Crippen LogP contribution in [0.15, 0.2) is 42.5 Å². The first-order valence-electron chi connectivity index (χ1n) is 7.66. The minimum atomic E-state index is -0.632. The van der Waals surface area contributed by atoms with Crippen LogP contribution in [0.2, 0.25) is 5.02 Å². The number of fused-ring (bicyclic) bond motifs is 1. The third-order valence-electron chi connectivity index (χ3n) is 3.70. The highest BCUT2D eigenvalue weighted by Crippen LogP contribution is 2.40. The summed E-state index contributed by atoms with van der Waals surface area (Å²) in [7, 11) is 0. The number of nitro benzene ring substituents is 1. The number of nitrogens with zero attached hydrogens (tertiary/aromatic N) is 1. The summed E-state index contributed by atoms with van der Waals surface area (Å²) in [6.45, 7) is 1.74. The molecule has 1 heterocycles. The van der Waals surface area contributed by atoms with Crippen LogP contribution in [0.25, 0.3) is 6.08 Å². The molecule has 0 amide bonds. The molecular weight excluding hydrogens is 362 g/mol. The predicted molar refractivity (Wildman–Crippen MR) is 94.2 cm³/mol. The fourth-order valence-corrected chi connectivity index (χ4v) is 2.69. The first kappa shape index (κ1) is 17.8. The van der Waals surface area contributed by atoms with Crippen LogP contribution in [0.5, 0.6) is 11.5 Å². The molecule has 0 aliphatic carbocycles. The number of halogens is 1. The van der Waals surface area contributed by atoms with E-state index in [1.165, 1.54) is 24.3 Å². The molecule has 134 valence electrons. The monoisotopic (exact) mass is 375 g/mol. The fourth-order valence-electron chi connectivity index (χ4n) is 2.42. The van der Waals surface area contributed by atoms with Crippen LogP contribution in [-0.2, 0) is 9.53 Å². The Bertz CT molecular complexity index is 895. The van der Waals surface area contributed by atoms with E-state index < -0.39 is 17.0 Å². The largest absolute Gasteiger partial charge is 0.455 e. The van der Waals surface area contributed by atoms with Gasteiger partial charge in [0.1, 0.15) is 6.10 Å². The summed E-state index contributed by atoms with van der Waals surface area (Å²) in [6.07, 6.45) is 2.16. The van der Waals surface area contributed by atoms with E-state index in [1.54, 1.807) is 31.2 Å². The molecule has 1 aliphatic rings. The van der Waals surface area contributed by atoms with Gasteiger partial charge in [-0.15, -0.1) is 0 Å². The Balaban J connectivity index is 1.67. The molecular formula is C18H14ClNO6. The Morgan fingerprint density at radius 3 is 2.92 bits per heavy atom. The molecule has 0 fully saturated rings. The van der Waals surface area contributed by atoms with E-state index in [0.717, 1.165) is 0 Å². The number of benzene rings is 2. The maximum absolute atomic E-state index is 12.0. The van der Waals surface area contributed by atoms with E-state index in [2.05, 4.69) is 0 Å². The van der Waals surface area contributed by atoms with Gasteiger partial charge in [-0.25, -0.2) is 4.79 Å². The summed E-state index contributed by atoms with van der Waals surface area (Å²) < 4.78 is 15.8. The van der Waals surface area contributed by atoms with Crippen molar-refractivity contribution in [2.75, 3.05) is 6.79 Å². The number of esters is 1. The molecule has 0 aromatic heterocycles. The van der Waals surface area contributed by atoms with Crippen LogP contribution in [0, 0.1) is 10.1 Å². The van der Waals surface area contributed by atoms with Crippen molar-refractivity contribution in [2.24, 2.45) is 0 Å². The lowest BCUT2D eigenvalue weighted by molar-refractivity contribution is -0.385. The summed E-state index contributed by atoms with van der Waals surface area (Å²) in [5.74, 6) is 0.402. The van der Waals surface area contributed by atoms with Crippen molar-refractivity contribution in [3.63, 3.8) is 0 Å². The molecule has 8 heteroatoms. The molecule has 26 heavy (non-hydrogen) atoms. The minimum absolute atomic E-state index is 0.0593. The molecule has 2 aromatic rings. The van der Waals surface area contributed by atoms with Crippen molar-refractivity contribution in [1.29, 1.82) is 0 Å². The van der Waals surface area contributed by atoms with Gasteiger partial charge in [0.05, 0.1) is 9.95 Å². The van der Waals surface area contributed by atoms with E-state index in [9.17, 15) is 14.9 Å². The van der Waals surface area contributed by atoms with Crippen molar-refractivity contribution in [1.82, 2.24) is 0 Å². The quantitative estimate of drug-likeness (QED) is 0.335. The molecule has 3 rings (SSSR count). The second-order valence-corrected chi connectivity index (χ2v) is 5.91. The first-order chi connectivity index (χ1) is 12.4. The van der Waals surface area contributed by atoms with Gasteiger partial charge >= 0.3 is 5.97 Å². The van der Waals surface area contributed by atoms with Crippen molar-refractivity contribution >= 4 is 29.3 Å². The maximum Gasteiger partial charge on any atom is 0.331 e. The average Bonchev–Trinajstić information content (AvgIpc) is 3.09. The topological polar surface area (TPSA) is 87.9 Å². The summed E-state index contributed by atoms with van der Waals surface area (Å²) in [5, 5.41) is 11.2. The molecule has 2 aromatic carbocycles. The number of hydrogen-bond acceptors (Lipinski definition) is 6. The molecule has 0 bridgehead atoms. The van der Waals surface area contributed by atoms with Gasteiger partial charge in [0.25, 0.3) is 5.69 Å². The zero-order valence-corrected chi connectivity index (χ0v) is 14.4. The molecule has 1 aliphatic heterocycles. The number of non-ortho nitro benzene ring substituents is 1. The van der Waals surface area contributed by atoms with E-state index in [1.807, 2.05) is 0 Å². The Hall–Kier alpha value is -3.06. The molecule has 0 saturated carbocycles. The van der Waals surface area contributed by atoms with Crippen LogP contribution in [-0.4, -0.2) is 17.7 Å². The highest BCUT2D eigenvalue weighted by atomic mass is 35.5. The van der Waals surface area contributed by atoms with E-state index in [-0.39, 0.29) is 12.5 Å². The van der Waals surface area contributed by atoms with Crippen LogP contribution >= 0.6 is 11.6 Å². The zero-order chi connectivity index (χ0) is 18.7. The second-order valence-electron chi connectivity index (χ2n) is 5.50. The van der Waals surface area contributed by atoms with Gasteiger partial charge in [0, 0.05) is 18.2 Å². The Kier molecular flexibility index (Phi) is 5.09. The standard InChI is InChI=1S/C18H14ClNO6/c1-11(13-3-2-4-14(9-13)20(22)23)26-17(21)6-5-12-7-15(19)18-16(8-12)24-10-25-18/h2-9,11H,10H2,1H3/b6-5+/t11-/m1/s1. The Labute approximate surface area is 153 Å². The number of carbonyl (C=O) groups excluding carboxylic acids is 1. The molecule has 0 N–H and O–H groups in total. The number of nitro groups is 1. The highest BCUT2D eigenvalue weighted by Gasteiger charge is 2.18. The normalized spacial score (nSPS) is 13.6. The second kappa shape index (κ2) is 7.45. The SMILES string of the molecule is C[C@@H](OC(=O)/C=C/c1cc(Cl)c2c(c1)OCO2)c1cccc([N+](=O)[O-])c1. The van der Waals surface area contributed by atoms with Crippen molar-refractivity contribution < 1.29 is 23.9 Å². The molecule has 1 atom stereocenters. The Morgan fingerprint density at radius 2 is 2.15 bits per heavy atom. The molecule has 0 saturated heterocycles. The van der Waals surface area contributed by atoms with E-state index >= 15 is 0 Å². The van der Waals surface area contributed by atoms with Gasteiger partial charge < -0.3 is 14.2 Å². The number of hydrogen-bond donors (Lipinski definition) is 0. The van der Waals surface area contributed by atoms with Crippen molar-refractivity contribution in [3.8, 4) is 11.5 Å². The lowest BCUT2D eigenvalue weighted by Gasteiger charge is -2.11. The summed E-state index contributed by atoms with van der Waals surface area (Å²) in [6, 6.07) is 9.29. The molecule has 0 unspecified atom stereocenters. The third kappa shape index (κ3) is 3.94. The van der Waals surface area contributed by atoms with Crippen LogP contribution in [0.3, 0.4) is 0 Å². The molecule has 7 nitrogen and oxygen atoms in total. The third-order valence-corrected chi connectivity index (χ3v) is 3.99. The lowest BCUT2D eigenvalue weighted by Crippen LogP contribution is -2.06. The van der Waals surface area contributed by atoms with E-state index in [4.69, 9.17) is 25.8 Å². The first-order valence-corrected chi connectivity index (χ1v) is 8.04. The number of ether oxygens (including phenoxy) is 3. The van der Waals surface area contributed by atoms with Crippen LogP contribution in [0.1, 0.15) is 24.2 Å². The smallest absolute Gasteiger partial charge is 0.331 e. The zero-order valence-electron chi connectivity index (χ0n) is 13.7. The van der Waals surface area contributed by atoms with Gasteiger partial charge in [0.2, 0.25) is 6.79 Å². The number of rotatable bonds is 5. The van der Waals surface area contributed by atoms with E-state index in [0.29, 0.717) is 27.6 Å². The summed E-state index contributed by atoms with van der Waals surface area (Å²) >= 11 is 6.08. The minimum Gasteiger partial charge on any atom is -0.455 e. The van der Waals surface area contributed by atoms with Gasteiger partial charge in [0.15, 0.2) is 11.5 Å². The lowest BCUT2D eigenvalue weighted by atomic mass is 10.1. The van der Waals surface area contributed by atoms with Gasteiger partial charge in [-0.2, -0.15) is 0 Å². The summed E-state index contributed by atoms with van der Waals surface area (Å²) in [5.41, 5.74) is 1.13. The number of carbonyl (C=O) groups is 1. The molecule has 0 spiro atoms. The molecule has 0 radical (unpaired) electrons. The van der Waals surface area contributed by atoms with Crippen LogP contribution in [0.4, 0.5) is 5.69 Å². The summed E-state index contributed by atoms with van der Waals surface area (Å²) in [4.78, 5) is 22.3. The van der Waals surface area contributed by atoms with Crippen LogP contribution < -0.4 is 9.47 Å². The van der Waals surface area contributed by atoms with Gasteiger partial charge in [-0.3, -0.25) is 10.1 Å². The predicted octanol–water partition coefficient (Wildman–Crippen LogP) is 4.29. The maximum atomic E-state index is 12.0. The Morgan fingerprint density at radius 1 is 1.35 bits per heavy atom. The fraction of sp³-hybridized carbons (Fsp3) is 0.167. The van der Waals surface area contributed by atoms with Gasteiger partial charge in [-0.05, 0) is 36.3 Å². The highest BCUT2D eigenvalue weighted by molar-refractivity contribution is 6.32. The van der Waals surface area contributed by atoms with Crippen molar-refractivity contribution in [2.45, 2.75) is 13.0 Å².